The Morgan fingerprint density at radius 3 is 2.90 bits per heavy atom. The molecule has 1 aliphatic heterocycles. The van der Waals surface area contributed by atoms with Crippen molar-refractivity contribution in [1.29, 1.82) is 0 Å². The molecule has 0 fully saturated rings. The zero-order valence-electron chi connectivity index (χ0n) is 11.7. The number of rotatable bonds is 3. The average Bonchev–Trinajstić information content (AvgIpc) is 3.10. The molecule has 106 valence electrons. The number of furan rings is 1. The topological polar surface area (TPSA) is 63.8 Å². The summed E-state index contributed by atoms with van der Waals surface area (Å²) in [5.74, 6) is 1.39. The second-order valence-corrected chi connectivity index (χ2v) is 4.67. The van der Waals surface area contributed by atoms with Gasteiger partial charge in [-0.1, -0.05) is 11.6 Å². The molecule has 0 bridgehead atoms. The second kappa shape index (κ2) is 5.28. The van der Waals surface area contributed by atoms with Crippen LogP contribution in [0, 0.1) is 6.92 Å². The fourth-order valence-electron chi connectivity index (χ4n) is 2.11. The third-order valence-electron chi connectivity index (χ3n) is 3.13. The molecule has 1 aliphatic rings. The highest BCUT2D eigenvalue weighted by molar-refractivity contribution is 6.19. The van der Waals surface area contributed by atoms with Crippen LogP contribution < -0.4 is 10.1 Å². The molecule has 0 spiro atoms. The monoisotopic (exact) mass is 282 g/mol. The molecule has 0 aliphatic carbocycles. The molecule has 0 unspecified atom stereocenters. The molecule has 2 heterocycles. The van der Waals surface area contributed by atoms with Crippen LogP contribution in [0.1, 0.15) is 16.9 Å². The predicted molar refractivity (Wildman–Crippen MR) is 79.1 cm³/mol. The summed E-state index contributed by atoms with van der Waals surface area (Å²) in [5.41, 5.74) is 2.22. The SMILES string of the molecule is COc1ccc(C)cc1/C=C1/N=C(c2ccco2)NC1=O. The molecule has 21 heavy (non-hydrogen) atoms. The van der Waals surface area contributed by atoms with E-state index in [1.54, 1.807) is 25.3 Å². The molecule has 5 heteroatoms. The summed E-state index contributed by atoms with van der Waals surface area (Å²) >= 11 is 0. The summed E-state index contributed by atoms with van der Waals surface area (Å²) in [5, 5.41) is 2.69. The molecule has 0 saturated carbocycles. The van der Waals surface area contributed by atoms with Gasteiger partial charge in [0.1, 0.15) is 11.4 Å². The van der Waals surface area contributed by atoms with Gasteiger partial charge in [0, 0.05) is 5.56 Å². The van der Waals surface area contributed by atoms with Crippen LogP contribution in [0.5, 0.6) is 5.75 Å². The lowest BCUT2D eigenvalue weighted by atomic mass is 10.1. The fourth-order valence-corrected chi connectivity index (χ4v) is 2.11. The van der Waals surface area contributed by atoms with Gasteiger partial charge >= 0.3 is 0 Å². The molecular formula is C16H14N2O3. The van der Waals surface area contributed by atoms with Gasteiger partial charge in [-0.25, -0.2) is 4.99 Å². The van der Waals surface area contributed by atoms with Gasteiger partial charge < -0.3 is 14.5 Å². The van der Waals surface area contributed by atoms with Crippen molar-refractivity contribution in [2.75, 3.05) is 7.11 Å². The van der Waals surface area contributed by atoms with Crippen LogP contribution in [-0.2, 0) is 4.79 Å². The Bertz CT molecular complexity index is 743. The molecule has 5 nitrogen and oxygen atoms in total. The van der Waals surface area contributed by atoms with Crippen LogP contribution in [0.4, 0.5) is 0 Å². The van der Waals surface area contributed by atoms with Gasteiger partial charge in [0.25, 0.3) is 5.91 Å². The van der Waals surface area contributed by atoms with E-state index in [1.807, 2.05) is 25.1 Å². The number of benzene rings is 1. The maximum absolute atomic E-state index is 12.0. The summed E-state index contributed by atoms with van der Waals surface area (Å²) in [6.07, 6.45) is 3.24. The minimum absolute atomic E-state index is 0.259. The third-order valence-corrected chi connectivity index (χ3v) is 3.13. The Morgan fingerprint density at radius 1 is 1.33 bits per heavy atom. The van der Waals surface area contributed by atoms with Gasteiger partial charge in [-0.2, -0.15) is 0 Å². The van der Waals surface area contributed by atoms with Gasteiger partial charge in [-0.15, -0.1) is 0 Å². The molecule has 3 rings (SSSR count). The standard InChI is InChI=1S/C16H14N2O3/c1-10-5-6-13(20-2)11(8-10)9-12-16(19)18-15(17-12)14-4-3-7-21-14/h3-9H,1-2H3,(H,17,18,19)/b12-9+. The van der Waals surface area contributed by atoms with E-state index in [-0.39, 0.29) is 5.91 Å². The number of hydrogen-bond acceptors (Lipinski definition) is 4. The van der Waals surface area contributed by atoms with Crippen molar-refractivity contribution in [3.05, 3.63) is 59.2 Å². The predicted octanol–water partition coefficient (Wildman–Crippen LogP) is 2.51. The maximum atomic E-state index is 12.0. The van der Waals surface area contributed by atoms with Crippen LogP contribution in [0.25, 0.3) is 6.08 Å². The summed E-state index contributed by atoms with van der Waals surface area (Å²) in [6, 6.07) is 9.25. The van der Waals surface area contributed by atoms with E-state index in [1.165, 1.54) is 6.26 Å². The van der Waals surface area contributed by atoms with E-state index in [4.69, 9.17) is 9.15 Å². The summed E-state index contributed by atoms with van der Waals surface area (Å²) in [6.45, 7) is 1.98. The fraction of sp³-hybridized carbons (Fsp3) is 0.125. The van der Waals surface area contributed by atoms with Gasteiger partial charge in [-0.3, -0.25) is 4.79 Å². The first-order chi connectivity index (χ1) is 10.2. The number of nitrogens with zero attached hydrogens (tertiary/aromatic N) is 1. The van der Waals surface area contributed by atoms with E-state index >= 15 is 0 Å². The number of ether oxygens (including phenoxy) is 1. The summed E-state index contributed by atoms with van der Waals surface area (Å²) in [7, 11) is 1.60. The zero-order valence-corrected chi connectivity index (χ0v) is 11.7. The van der Waals surface area contributed by atoms with Crippen LogP contribution in [-0.4, -0.2) is 18.9 Å². The first kappa shape index (κ1) is 13.2. The highest BCUT2D eigenvalue weighted by Gasteiger charge is 2.23. The van der Waals surface area contributed by atoms with E-state index in [0.717, 1.165) is 11.1 Å². The zero-order chi connectivity index (χ0) is 14.8. The van der Waals surface area contributed by atoms with Crippen molar-refractivity contribution in [3.63, 3.8) is 0 Å². The Balaban J connectivity index is 2.00. The Morgan fingerprint density at radius 2 is 2.19 bits per heavy atom. The van der Waals surface area contributed by atoms with Gasteiger partial charge in [0.15, 0.2) is 11.6 Å². The lowest BCUT2D eigenvalue weighted by Crippen LogP contribution is -2.24. The molecular weight excluding hydrogens is 268 g/mol. The highest BCUT2D eigenvalue weighted by atomic mass is 16.5. The van der Waals surface area contributed by atoms with Gasteiger partial charge in [-0.05, 0) is 37.3 Å². The third kappa shape index (κ3) is 2.58. The number of carbonyl (C=O) groups is 1. The number of methoxy groups -OCH3 is 1. The first-order valence-corrected chi connectivity index (χ1v) is 6.47. The number of amidine groups is 1. The maximum Gasteiger partial charge on any atom is 0.275 e. The Hall–Kier alpha value is -2.82. The smallest absolute Gasteiger partial charge is 0.275 e. The van der Waals surface area contributed by atoms with Crippen LogP contribution in [0.3, 0.4) is 0 Å². The van der Waals surface area contributed by atoms with E-state index in [2.05, 4.69) is 10.3 Å². The number of hydrogen-bond donors (Lipinski definition) is 1. The van der Waals surface area contributed by atoms with Crippen LogP contribution >= 0.6 is 0 Å². The first-order valence-electron chi connectivity index (χ1n) is 6.47. The lowest BCUT2D eigenvalue weighted by Gasteiger charge is -2.05. The molecule has 0 atom stereocenters. The Kier molecular flexibility index (Phi) is 3.31. The number of carbonyl (C=O) groups excluding carboxylic acids is 1. The number of aryl methyl sites for hydroxylation is 1. The van der Waals surface area contributed by atoms with Crippen molar-refractivity contribution in [1.82, 2.24) is 5.32 Å². The van der Waals surface area contributed by atoms with Crippen molar-refractivity contribution in [2.24, 2.45) is 4.99 Å². The molecule has 1 aromatic heterocycles. The molecule has 2 aromatic rings. The molecule has 1 amide bonds. The normalized spacial score (nSPS) is 16.0. The average molecular weight is 282 g/mol. The largest absolute Gasteiger partial charge is 0.496 e. The Labute approximate surface area is 121 Å². The molecule has 0 radical (unpaired) electrons. The molecule has 1 aromatic carbocycles. The number of nitrogens with one attached hydrogen (secondary N) is 1. The quantitative estimate of drug-likeness (QED) is 0.880. The molecule has 1 N–H and O–H groups in total. The lowest BCUT2D eigenvalue weighted by molar-refractivity contribution is -0.115. The van der Waals surface area contributed by atoms with Crippen molar-refractivity contribution in [2.45, 2.75) is 6.92 Å². The van der Waals surface area contributed by atoms with Crippen molar-refractivity contribution in [3.8, 4) is 5.75 Å². The number of amides is 1. The van der Waals surface area contributed by atoms with Crippen LogP contribution in [0.15, 0.2) is 51.7 Å². The van der Waals surface area contributed by atoms with Crippen LogP contribution in [0.2, 0.25) is 0 Å². The second-order valence-electron chi connectivity index (χ2n) is 4.67. The van der Waals surface area contributed by atoms with E-state index in [9.17, 15) is 4.79 Å². The van der Waals surface area contributed by atoms with Gasteiger partial charge in [0.2, 0.25) is 0 Å². The van der Waals surface area contributed by atoms with Crippen molar-refractivity contribution >= 4 is 17.8 Å². The van der Waals surface area contributed by atoms with E-state index < -0.39 is 0 Å². The summed E-state index contributed by atoms with van der Waals surface area (Å²) in [4.78, 5) is 16.3. The summed E-state index contributed by atoms with van der Waals surface area (Å²) < 4.78 is 10.5. The van der Waals surface area contributed by atoms with Gasteiger partial charge in [0.05, 0.1) is 13.4 Å². The van der Waals surface area contributed by atoms with E-state index in [0.29, 0.717) is 23.0 Å². The number of aliphatic imine (C=N–C) groups is 1. The molecule has 0 saturated heterocycles. The highest BCUT2D eigenvalue weighted by Crippen LogP contribution is 2.24. The minimum Gasteiger partial charge on any atom is -0.496 e. The van der Waals surface area contributed by atoms with Crippen molar-refractivity contribution < 1.29 is 13.9 Å². The minimum atomic E-state index is -0.259.